The lowest BCUT2D eigenvalue weighted by atomic mass is 10.0. The summed E-state index contributed by atoms with van der Waals surface area (Å²) in [5, 5.41) is 11.0. The number of nitrogens with zero attached hydrogens (tertiary/aromatic N) is 2. The van der Waals surface area contributed by atoms with Crippen LogP contribution < -0.4 is 4.90 Å². The van der Waals surface area contributed by atoms with Crippen molar-refractivity contribution in [3.8, 4) is 0 Å². The Morgan fingerprint density at radius 2 is 1.82 bits per heavy atom. The molecule has 114 valence electrons. The van der Waals surface area contributed by atoms with Gasteiger partial charge in [0.15, 0.2) is 0 Å². The summed E-state index contributed by atoms with van der Waals surface area (Å²) in [7, 11) is 0. The fourth-order valence-electron chi connectivity index (χ4n) is 2.49. The summed E-state index contributed by atoms with van der Waals surface area (Å²) in [5.41, 5.74) is 2.53. The van der Waals surface area contributed by atoms with Gasteiger partial charge in [-0.25, -0.2) is 0 Å². The van der Waals surface area contributed by atoms with E-state index in [-0.39, 0.29) is 11.6 Å². The predicted molar refractivity (Wildman–Crippen MR) is 86.4 cm³/mol. The van der Waals surface area contributed by atoms with Gasteiger partial charge in [-0.2, -0.15) is 0 Å². The monoisotopic (exact) mass is 298 g/mol. The Labute approximate surface area is 129 Å². The Morgan fingerprint density at radius 1 is 1.14 bits per heavy atom. The van der Waals surface area contributed by atoms with Crippen LogP contribution in [0.25, 0.3) is 0 Å². The molecule has 0 spiro atoms. The molecule has 0 aliphatic rings. The van der Waals surface area contributed by atoms with E-state index in [1.54, 1.807) is 24.0 Å². The number of nitro groups is 1. The molecule has 2 aromatic rings. The molecule has 5 nitrogen and oxygen atoms in total. The third-order valence-electron chi connectivity index (χ3n) is 3.70. The van der Waals surface area contributed by atoms with Crippen molar-refractivity contribution in [2.75, 3.05) is 11.4 Å². The minimum Gasteiger partial charge on any atom is -0.308 e. The Kier molecular flexibility index (Phi) is 4.56. The maximum absolute atomic E-state index is 12.8. The lowest BCUT2D eigenvalue weighted by molar-refractivity contribution is -0.385. The number of amides is 1. The van der Waals surface area contributed by atoms with Crippen LogP contribution >= 0.6 is 0 Å². The van der Waals surface area contributed by atoms with E-state index in [0.717, 1.165) is 11.3 Å². The van der Waals surface area contributed by atoms with E-state index in [0.29, 0.717) is 17.7 Å². The minimum absolute atomic E-state index is 0.0355. The first-order valence-electron chi connectivity index (χ1n) is 7.08. The van der Waals surface area contributed by atoms with Gasteiger partial charge in [0.2, 0.25) is 0 Å². The van der Waals surface area contributed by atoms with Crippen LogP contribution in [0, 0.1) is 24.0 Å². The van der Waals surface area contributed by atoms with Gasteiger partial charge >= 0.3 is 0 Å². The molecule has 0 heterocycles. The zero-order valence-electron chi connectivity index (χ0n) is 12.9. The molecular formula is C17H18N2O3. The lowest BCUT2D eigenvalue weighted by Gasteiger charge is -2.23. The third kappa shape index (κ3) is 2.83. The van der Waals surface area contributed by atoms with E-state index in [9.17, 15) is 14.9 Å². The SMILES string of the molecule is CCN(C(=O)c1cccc([N+](=O)[O-])c1C)c1ccccc1C. The second-order valence-corrected chi connectivity index (χ2v) is 5.04. The highest BCUT2D eigenvalue weighted by Crippen LogP contribution is 2.26. The van der Waals surface area contributed by atoms with Crippen molar-refractivity contribution in [2.45, 2.75) is 20.8 Å². The van der Waals surface area contributed by atoms with Gasteiger partial charge in [0.25, 0.3) is 11.6 Å². The predicted octanol–water partition coefficient (Wildman–Crippen LogP) is 3.88. The first kappa shape index (κ1) is 15.7. The molecule has 22 heavy (non-hydrogen) atoms. The average Bonchev–Trinajstić information content (AvgIpc) is 2.49. The molecule has 0 unspecified atom stereocenters. The highest BCUT2D eigenvalue weighted by molar-refractivity contribution is 6.07. The van der Waals surface area contributed by atoms with Crippen LogP contribution in [-0.2, 0) is 0 Å². The molecule has 2 rings (SSSR count). The van der Waals surface area contributed by atoms with E-state index >= 15 is 0 Å². The van der Waals surface area contributed by atoms with Crippen molar-refractivity contribution in [2.24, 2.45) is 0 Å². The van der Waals surface area contributed by atoms with Gasteiger partial charge in [0.05, 0.1) is 4.92 Å². The maximum Gasteiger partial charge on any atom is 0.273 e. The third-order valence-corrected chi connectivity index (χ3v) is 3.70. The highest BCUT2D eigenvalue weighted by Gasteiger charge is 2.23. The van der Waals surface area contributed by atoms with Crippen LogP contribution in [0.2, 0.25) is 0 Å². The fraction of sp³-hybridized carbons (Fsp3) is 0.235. The lowest BCUT2D eigenvalue weighted by Crippen LogP contribution is -2.31. The van der Waals surface area contributed by atoms with Crippen LogP contribution in [0.15, 0.2) is 42.5 Å². The van der Waals surface area contributed by atoms with Gasteiger partial charge in [0.1, 0.15) is 0 Å². The largest absolute Gasteiger partial charge is 0.308 e. The van der Waals surface area contributed by atoms with Crippen LogP contribution in [0.4, 0.5) is 11.4 Å². The van der Waals surface area contributed by atoms with Gasteiger partial charge in [-0.1, -0.05) is 24.3 Å². The van der Waals surface area contributed by atoms with Crippen LogP contribution in [0.5, 0.6) is 0 Å². The summed E-state index contributed by atoms with van der Waals surface area (Å²) in [6.07, 6.45) is 0. The number of carbonyl (C=O) groups is 1. The van der Waals surface area contributed by atoms with E-state index in [1.165, 1.54) is 6.07 Å². The molecule has 0 aromatic heterocycles. The molecule has 0 bridgehead atoms. The zero-order chi connectivity index (χ0) is 16.3. The average molecular weight is 298 g/mol. The topological polar surface area (TPSA) is 63.5 Å². The summed E-state index contributed by atoms with van der Waals surface area (Å²) in [6.45, 7) is 5.92. The quantitative estimate of drug-likeness (QED) is 0.635. The molecule has 0 radical (unpaired) electrons. The van der Waals surface area contributed by atoms with Crippen molar-refractivity contribution in [3.05, 3.63) is 69.3 Å². The second-order valence-electron chi connectivity index (χ2n) is 5.04. The van der Waals surface area contributed by atoms with Gasteiger partial charge in [-0.15, -0.1) is 0 Å². The van der Waals surface area contributed by atoms with Gasteiger partial charge in [0, 0.05) is 29.4 Å². The van der Waals surface area contributed by atoms with E-state index in [1.807, 2.05) is 38.1 Å². The number of rotatable bonds is 4. The highest BCUT2D eigenvalue weighted by atomic mass is 16.6. The summed E-state index contributed by atoms with van der Waals surface area (Å²) in [6, 6.07) is 12.2. The standard InChI is InChI=1S/C17H18N2O3/c1-4-18(15-10-6-5-8-12(15)2)17(20)14-9-7-11-16(13(14)3)19(21)22/h5-11H,4H2,1-3H3. The van der Waals surface area contributed by atoms with Crippen molar-refractivity contribution in [1.82, 2.24) is 0 Å². The maximum atomic E-state index is 12.8. The number of benzene rings is 2. The first-order chi connectivity index (χ1) is 10.5. The Morgan fingerprint density at radius 3 is 2.41 bits per heavy atom. The molecular weight excluding hydrogens is 280 g/mol. The molecule has 0 saturated carbocycles. The fourth-order valence-corrected chi connectivity index (χ4v) is 2.49. The van der Waals surface area contributed by atoms with Crippen LogP contribution in [0.3, 0.4) is 0 Å². The molecule has 1 amide bonds. The number of hydrogen-bond acceptors (Lipinski definition) is 3. The van der Waals surface area contributed by atoms with E-state index in [4.69, 9.17) is 0 Å². The molecule has 0 aliphatic carbocycles. The normalized spacial score (nSPS) is 10.3. The van der Waals surface area contributed by atoms with Crippen molar-refractivity contribution in [1.29, 1.82) is 0 Å². The molecule has 2 aromatic carbocycles. The molecule has 0 saturated heterocycles. The van der Waals surface area contributed by atoms with Crippen molar-refractivity contribution in [3.63, 3.8) is 0 Å². The number of nitro benzene ring substituents is 1. The molecule has 0 atom stereocenters. The second kappa shape index (κ2) is 6.39. The number of para-hydroxylation sites is 1. The first-order valence-corrected chi connectivity index (χ1v) is 7.08. The summed E-state index contributed by atoms with van der Waals surface area (Å²) >= 11 is 0. The molecule has 0 fully saturated rings. The summed E-state index contributed by atoms with van der Waals surface area (Å²) in [5.74, 6) is -0.224. The van der Waals surface area contributed by atoms with Gasteiger partial charge < -0.3 is 4.90 Å². The Hall–Kier alpha value is -2.69. The van der Waals surface area contributed by atoms with E-state index < -0.39 is 4.92 Å². The molecule has 0 N–H and O–H groups in total. The van der Waals surface area contributed by atoms with Crippen LogP contribution in [0.1, 0.15) is 28.4 Å². The van der Waals surface area contributed by atoms with Gasteiger partial charge in [-0.3, -0.25) is 14.9 Å². The minimum atomic E-state index is -0.462. The zero-order valence-corrected chi connectivity index (χ0v) is 12.9. The Balaban J connectivity index is 2.49. The number of aryl methyl sites for hydroxylation is 1. The molecule has 5 heteroatoms. The number of carbonyl (C=O) groups excluding carboxylic acids is 1. The molecule has 0 aliphatic heterocycles. The number of anilines is 1. The number of hydrogen-bond donors (Lipinski definition) is 0. The van der Waals surface area contributed by atoms with E-state index in [2.05, 4.69) is 0 Å². The van der Waals surface area contributed by atoms with Crippen molar-refractivity contribution < 1.29 is 9.72 Å². The smallest absolute Gasteiger partial charge is 0.273 e. The summed E-state index contributed by atoms with van der Waals surface area (Å²) < 4.78 is 0. The van der Waals surface area contributed by atoms with Crippen LogP contribution in [-0.4, -0.2) is 17.4 Å². The van der Waals surface area contributed by atoms with Crippen molar-refractivity contribution >= 4 is 17.3 Å². The Bertz CT molecular complexity index is 726. The summed E-state index contributed by atoms with van der Waals surface area (Å²) in [4.78, 5) is 25.0. The van der Waals surface area contributed by atoms with Gasteiger partial charge in [-0.05, 0) is 38.5 Å².